The number of methoxy groups -OCH3 is 1. The molecule has 260 valence electrons. The van der Waals surface area contributed by atoms with E-state index >= 15 is 0 Å². The summed E-state index contributed by atoms with van der Waals surface area (Å²) in [5, 5.41) is 1.23. The Bertz CT molecular complexity index is 1820. The molecule has 1 aromatic heterocycles. The Labute approximate surface area is 300 Å². The van der Waals surface area contributed by atoms with Crippen molar-refractivity contribution in [2.75, 3.05) is 32.6 Å². The number of ether oxygens (including phenoxy) is 3. The molecule has 1 saturated carbocycles. The van der Waals surface area contributed by atoms with Gasteiger partial charge in [-0.05, 0) is 114 Å². The molecule has 0 aliphatic heterocycles. The van der Waals surface area contributed by atoms with Gasteiger partial charge in [0.05, 0.1) is 30.3 Å². The second kappa shape index (κ2) is 16.7. The summed E-state index contributed by atoms with van der Waals surface area (Å²) in [6, 6.07) is 16.0. The summed E-state index contributed by atoms with van der Waals surface area (Å²) in [6.07, 6.45) is 7.07. The van der Waals surface area contributed by atoms with E-state index in [1.807, 2.05) is 0 Å². The van der Waals surface area contributed by atoms with Crippen molar-refractivity contribution in [2.45, 2.75) is 71.4 Å². The number of hydrogen-bond acceptors (Lipinski definition) is 8. The maximum atomic E-state index is 13.6. The number of carbonyl (C=O) groups is 3. The van der Waals surface area contributed by atoms with E-state index in [1.165, 1.54) is 32.1 Å². The summed E-state index contributed by atoms with van der Waals surface area (Å²) in [6.45, 7) is 5.36. The van der Waals surface area contributed by atoms with E-state index in [0.717, 1.165) is 18.5 Å². The first-order valence-electron chi connectivity index (χ1n) is 16.7. The molecule has 9 nitrogen and oxygen atoms in total. The van der Waals surface area contributed by atoms with Gasteiger partial charge in [-0.1, -0.05) is 37.8 Å². The van der Waals surface area contributed by atoms with Crippen LogP contribution < -0.4 is 10.5 Å². The molecule has 1 aliphatic rings. The van der Waals surface area contributed by atoms with E-state index < -0.39 is 11.9 Å². The predicted octanol–water partition coefficient (Wildman–Crippen LogP) is 8.13. The van der Waals surface area contributed by atoms with E-state index in [-0.39, 0.29) is 25.5 Å². The quantitative estimate of drug-likeness (QED) is 0.0828. The number of anilines is 1. The minimum Gasteiger partial charge on any atom is -0.497 e. The van der Waals surface area contributed by atoms with Gasteiger partial charge in [-0.3, -0.25) is 19.1 Å². The highest BCUT2D eigenvalue weighted by molar-refractivity contribution is 9.10. The number of aromatic nitrogens is 1. The number of fused-ring (bicyclic) bond motifs is 1. The molecule has 11 heteroatoms. The molecule has 2 N–H and O–H groups in total. The van der Waals surface area contributed by atoms with Gasteiger partial charge in [0, 0.05) is 38.7 Å². The molecular formula is C38H43BrClN3O6. The van der Waals surface area contributed by atoms with Crippen LogP contribution in [-0.2, 0) is 27.2 Å². The van der Waals surface area contributed by atoms with Gasteiger partial charge in [-0.15, -0.1) is 0 Å². The van der Waals surface area contributed by atoms with Gasteiger partial charge >= 0.3 is 11.9 Å². The summed E-state index contributed by atoms with van der Waals surface area (Å²) in [5.41, 5.74) is 10.7. The molecule has 0 saturated heterocycles. The minimum absolute atomic E-state index is 0.0894. The number of benzene rings is 3. The number of hydrogen-bond donors (Lipinski definition) is 1. The summed E-state index contributed by atoms with van der Waals surface area (Å²) in [5.74, 6) is -0.698. The second-order valence-electron chi connectivity index (χ2n) is 12.4. The molecule has 0 unspecified atom stereocenters. The number of nitrogens with zero attached hydrogens (tertiary/aromatic N) is 2. The fourth-order valence-corrected chi connectivity index (χ4v) is 7.26. The highest BCUT2D eigenvalue weighted by Gasteiger charge is 2.24. The molecule has 1 heterocycles. The van der Waals surface area contributed by atoms with Gasteiger partial charge in [0.2, 0.25) is 0 Å². The molecule has 1 aliphatic carbocycles. The summed E-state index contributed by atoms with van der Waals surface area (Å²) in [4.78, 5) is 42.2. The molecule has 1 fully saturated rings. The van der Waals surface area contributed by atoms with Gasteiger partial charge in [-0.2, -0.15) is 0 Å². The lowest BCUT2D eigenvalue weighted by Gasteiger charge is -2.34. The molecule has 0 bridgehead atoms. The lowest BCUT2D eigenvalue weighted by molar-refractivity contribution is -0.143. The van der Waals surface area contributed by atoms with Crippen molar-refractivity contribution in [3.05, 3.63) is 92.0 Å². The van der Waals surface area contributed by atoms with Gasteiger partial charge < -0.3 is 19.9 Å². The van der Waals surface area contributed by atoms with Crippen LogP contribution >= 0.6 is 27.5 Å². The van der Waals surface area contributed by atoms with Crippen LogP contribution in [-0.4, -0.2) is 60.2 Å². The Kier molecular flexibility index (Phi) is 12.4. The topological polar surface area (TPSA) is 113 Å². The van der Waals surface area contributed by atoms with Gasteiger partial charge in [-0.25, -0.2) is 4.79 Å². The van der Waals surface area contributed by atoms with Crippen molar-refractivity contribution in [2.24, 2.45) is 0 Å². The normalized spacial score (nSPS) is 13.5. The zero-order chi connectivity index (χ0) is 35.1. The number of halogens is 2. The SMILES string of the molecule is CCCN(Cc1cc(C(=O)OCCOC(=O)Cc2c(C)n(C(=O)c3ccc(Cl)cc3)c3ccc(OC)cc23)cc(Br)c1N)C1CCCCC1. The first-order chi connectivity index (χ1) is 23.6. The molecule has 4 aromatic rings. The van der Waals surface area contributed by atoms with Crippen LogP contribution in [0.4, 0.5) is 5.69 Å². The van der Waals surface area contributed by atoms with Gasteiger partial charge in [0.15, 0.2) is 0 Å². The van der Waals surface area contributed by atoms with Crippen LogP contribution in [0.5, 0.6) is 5.75 Å². The third kappa shape index (κ3) is 8.66. The maximum Gasteiger partial charge on any atom is 0.338 e. The first-order valence-corrected chi connectivity index (χ1v) is 17.9. The lowest BCUT2D eigenvalue weighted by Crippen LogP contribution is -2.37. The number of rotatable bonds is 13. The summed E-state index contributed by atoms with van der Waals surface area (Å²) in [7, 11) is 1.56. The number of nitrogens with two attached hydrogens (primary N) is 1. The number of carbonyl (C=O) groups excluding carboxylic acids is 3. The van der Waals surface area contributed by atoms with Crippen LogP contribution in [0.3, 0.4) is 0 Å². The fraction of sp³-hybridized carbons (Fsp3) is 0.395. The summed E-state index contributed by atoms with van der Waals surface area (Å²) >= 11 is 9.56. The monoisotopic (exact) mass is 751 g/mol. The molecule has 5 rings (SSSR count). The Morgan fingerprint density at radius 2 is 1.69 bits per heavy atom. The second-order valence-corrected chi connectivity index (χ2v) is 13.7. The Morgan fingerprint density at radius 3 is 2.39 bits per heavy atom. The maximum absolute atomic E-state index is 13.6. The molecule has 3 aromatic carbocycles. The molecule has 49 heavy (non-hydrogen) atoms. The van der Waals surface area contributed by atoms with Crippen molar-refractivity contribution < 1.29 is 28.6 Å². The standard InChI is InChI=1S/C38H43BrClN3O6/c1-4-16-42(29-8-6-5-7-9-29)23-27-19-26(20-33(39)36(27)41)38(46)49-18-17-48-35(44)22-31-24(2)43(34-15-14-30(47-3)21-32(31)34)37(45)25-10-12-28(40)13-11-25/h10-15,19-21,29H,4-9,16-18,22-23,41H2,1-3H3. The van der Waals surface area contributed by atoms with E-state index in [1.54, 1.807) is 73.2 Å². The zero-order valence-corrected chi connectivity index (χ0v) is 30.6. The van der Waals surface area contributed by atoms with Crippen LogP contribution in [0.15, 0.2) is 59.1 Å². The molecule has 0 spiro atoms. The third-order valence-corrected chi connectivity index (χ3v) is 10.1. The first kappa shape index (κ1) is 36.4. The molecule has 0 radical (unpaired) electrons. The lowest BCUT2D eigenvalue weighted by atomic mass is 9.93. The molecular weight excluding hydrogens is 710 g/mol. The largest absolute Gasteiger partial charge is 0.497 e. The molecule has 0 atom stereocenters. The van der Waals surface area contributed by atoms with Crippen molar-refractivity contribution in [1.29, 1.82) is 0 Å². The molecule has 0 amide bonds. The van der Waals surface area contributed by atoms with E-state index in [4.69, 9.17) is 31.5 Å². The van der Waals surface area contributed by atoms with Crippen molar-refractivity contribution in [3.8, 4) is 5.75 Å². The van der Waals surface area contributed by atoms with E-state index in [2.05, 4.69) is 27.8 Å². The van der Waals surface area contributed by atoms with E-state index in [0.29, 0.717) is 66.8 Å². The average Bonchev–Trinajstić information content (AvgIpc) is 3.37. The Hall–Kier alpha value is -3.86. The van der Waals surface area contributed by atoms with Crippen LogP contribution in [0.2, 0.25) is 5.02 Å². The number of esters is 2. The van der Waals surface area contributed by atoms with Crippen molar-refractivity contribution >= 4 is 62.0 Å². The highest BCUT2D eigenvalue weighted by Crippen LogP contribution is 2.32. The average molecular weight is 753 g/mol. The fourth-order valence-electron chi connectivity index (χ4n) is 6.63. The van der Waals surface area contributed by atoms with Crippen LogP contribution in [0.25, 0.3) is 10.9 Å². The highest BCUT2D eigenvalue weighted by atomic mass is 79.9. The van der Waals surface area contributed by atoms with Crippen molar-refractivity contribution in [3.63, 3.8) is 0 Å². The minimum atomic E-state index is -0.524. The van der Waals surface area contributed by atoms with E-state index in [9.17, 15) is 14.4 Å². The zero-order valence-electron chi connectivity index (χ0n) is 28.2. The smallest absolute Gasteiger partial charge is 0.338 e. The Morgan fingerprint density at radius 1 is 0.980 bits per heavy atom. The van der Waals surface area contributed by atoms with Gasteiger partial charge in [0.1, 0.15) is 19.0 Å². The van der Waals surface area contributed by atoms with Crippen LogP contribution in [0, 0.1) is 6.92 Å². The number of nitrogen functional groups attached to an aromatic ring is 1. The summed E-state index contributed by atoms with van der Waals surface area (Å²) < 4.78 is 18.6. The van der Waals surface area contributed by atoms with Crippen LogP contribution in [0.1, 0.15) is 83.0 Å². The van der Waals surface area contributed by atoms with Crippen molar-refractivity contribution in [1.82, 2.24) is 9.47 Å². The van der Waals surface area contributed by atoms with Gasteiger partial charge in [0.25, 0.3) is 5.91 Å². The predicted molar refractivity (Wildman–Crippen MR) is 195 cm³/mol. The Balaban J connectivity index is 1.23. The third-order valence-electron chi connectivity index (χ3n) is 9.16.